The van der Waals surface area contributed by atoms with Gasteiger partial charge in [-0.2, -0.15) is 0 Å². The van der Waals surface area contributed by atoms with Crippen LogP contribution < -0.4 is 5.43 Å². The molecule has 1 N–H and O–H groups in total. The molecule has 1 heterocycles. The lowest BCUT2D eigenvalue weighted by molar-refractivity contribution is 0.474. The standard InChI is InChI=1S/C25H24O3/c1-15(2)16-5-11-22-20(13-16)24(27)21-14-18(8-12-23(21)28-22)25(3,4)17-6-9-19(26)10-7-17/h5-15,26H,1-4H3. The van der Waals surface area contributed by atoms with E-state index in [4.69, 9.17) is 4.42 Å². The Labute approximate surface area is 164 Å². The van der Waals surface area contributed by atoms with Crippen LogP contribution in [-0.4, -0.2) is 5.11 Å². The molecule has 0 amide bonds. The number of rotatable bonds is 3. The summed E-state index contributed by atoms with van der Waals surface area (Å²) in [6, 6.07) is 18.9. The minimum atomic E-state index is -0.316. The van der Waals surface area contributed by atoms with Crippen LogP contribution in [0.3, 0.4) is 0 Å². The Bertz CT molecular complexity index is 1230. The number of benzene rings is 3. The van der Waals surface area contributed by atoms with Crippen molar-refractivity contribution in [3.63, 3.8) is 0 Å². The average Bonchev–Trinajstić information content (AvgIpc) is 2.68. The van der Waals surface area contributed by atoms with Gasteiger partial charge in [0.1, 0.15) is 16.9 Å². The normalized spacial score (nSPS) is 12.2. The lowest BCUT2D eigenvalue weighted by atomic mass is 9.78. The summed E-state index contributed by atoms with van der Waals surface area (Å²) >= 11 is 0. The maximum Gasteiger partial charge on any atom is 0.200 e. The molecule has 3 heteroatoms. The second-order valence-corrected chi connectivity index (χ2v) is 8.22. The fourth-order valence-corrected chi connectivity index (χ4v) is 3.67. The first-order chi connectivity index (χ1) is 13.3. The van der Waals surface area contributed by atoms with Crippen LogP contribution >= 0.6 is 0 Å². The smallest absolute Gasteiger partial charge is 0.200 e. The number of hydrogen-bond acceptors (Lipinski definition) is 3. The summed E-state index contributed by atoms with van der Waals surface area (Å²) in [5.41, 5.74) is 4.12. The zero-order valence-corrected chi connectivity index (χ0v) is 16.6. The first-order valence-corrected chi connectivity index (χ1v) is 9.58. The Morgan fingerprint density at radius 1 is 0.821 bits per heavy atom. The Morgan fingerprint density at radius 2 is 1.39 bits per heavy atom. The second kappa shape index (κ2) is 6.52. The fraction of sp³-hybridized carbons (Fsp3) is 0.240. The zero-order valence-electron chi connectivity index (χ0n) is 16.6. The van der Waals surface area contributed by atoms with E-state index in [1.165, 1.54) is 0 Å². The highest BCUT2D eigenvalue weighted by Gasteiger charge is 2.24. The van der Waals surface area contributed by atoms with Crippen LogP contribution in [0.15, 0.2) is 69.9 Å². The fourth-order valence-electron chi connectivity index (χ4n) is 3.67. The molecule has 4 aromatic rings. The molecule has 0 spiro atoms. The molecular weight excluding hydrogens is 348 g/mol. The Hall–Kier alpha value is -3.07. The highest BCUT2D eigenvalue weighted by molar-refractivity contribution is 5.90. The molecule has 0 aliphatic heterocycles. The summed E-state index contributed by atoms with van der Waals surface area (Å²) in [5, 5.41) is 10.8. The van der Waals surface area contributed by atoms with Gasteiger partial charge < -0.3 is 9.52 Å². The van der Waals surface area contributed by atoms with Crippen LogP contribution in [0.4, 0.5) is 0 Å². The molecule has 3 aromatic carbocycles. The predicted molar refractivity (Wildman–Crippen MR) is 114 cm³/mol. The molecule has 1 aromatic heterocycles. The van der Waals surface area contributed by atoms with Crippen molar-refractivity contribution in [3.8, 4) is 5.75 Å². The Balaban J connectivity index is 1.92. The van der Waals surface area contributed by atoms with Crippen molar-refractivity contribution in [2.24, 2.45) is 0 Å². The molecule has 0 aliphatic rings. The van der Waals surface area contributed by atoms with E-state index in [-0.39, 0.29) is 16.6 Å². The van der Waals surface area contributed by atoms with Crippen molar-refractivity contribution in [2.75, 3.05) is 0 Å². The van der Waals surface area contributed by atoms with Crippen molar-refractivity contribution in [1.82, 2.24) is 0 Å². The van der Waals surface area contributed by atoms with Crippen molar-refractivity contribution in [1.29, 1.82) is 0 Å². The van der Waals surface area contributed by atoms with Gasteiger partial charge in [0.25, 0.3) is 0 Å². The molecule has 4 rings (SSSR count). The molecule has 142 valence electrons. The topological polar surface area (TPSA) is 50.4 Å². The lowest BCUT2D eigenvalue weighted by Crippen LogP contribution is -2.19. The molecule has 0 saturated heterocycles. The molecule has 0 atom stereocenters. The van der Waals surface area contributed by atoms with E-state index < -0.39 is 0 Å². The minimum absolute atomic E-state index is 0.00195. The van der Waals surface area contributed by atoms with Gasteiger partial charge in [0.2, 0.25) is 5.43 Å². The molecule has 0 saturated carbocycles. The van der Waals surface area contributed by atoms with E-state index in [0.29, 0.717) is 27.9 Å². The predicted octanol–water partition coefficient (Wildman–Crippen LogP) is 6.10. The Morgan fingerprint density at radius 3 is 2.04 bits per heavy atom. The number of phenolic OH excluding ortho intramolecular Hbond substituents is 1. The zero-order chi connectivity index (χ0) is 20.1. The summed E-state index contributed by atoms with van der Waals surface area (Å²) in [5.74, 6) is 0.588. The Kier molecular flexibility index (Phi) is 4.26. The van der Waals surface area contributed by atoms with Gasteiger partial charge in [0, 0.05) is 5.41 Å². The summed E-state index contributed by atoms with van der Waals surface area (Å²) < 4.78 is 6.02. The molecule has 0 unspecified atom stereocenters. The molecule has 0 bridgehead atoms. The van der Waals surface area contributed by atoms with Crippen molar-refractivity contribution >= 4 is 21.9 Å². The van der Waals surface area contributed by atoms with Gasteiger partial charge in [-0.3, -0.25) is 4.79 Å². The summed E-state index contributed by atoms with van der Waals surface area (Å²) in [4.78, 5) is 13.2. The van der Waals surface area contributed by atoms with Crippen molar-refractivity contribution < 1.29 is 9.52 Å². The monoisotopic (exact) mass is 372 g/mol. The van der Waals surface area contributed by atoms with Gasteiger partial charge >= 0.3 is 0 Å². The maximum atomic E-state index is 13.2. The first-order valence-electron chi connectivity index (χ1n) is 9.58. The number of phenols is 1. The van der Waals surface area contributed by atoms with E-state index in [0.717, 1.165) is 16.7 Å². The third-order valence-electron chi connectivity index (χ3n) is 5.67. The number of hydrogen-bond donors (Lipinski definition) is 1. The van der Waals surface area contributed by atoms with E-state index >= 15 is 0 Å². The van der Waals surface area contributed by atoms with Crippen molar-refractivity contribution in [3.05, 3.63) is 87.6 Å². The van der Waals surface area contributed by atoms with Crippen LogP contribution in [0.2, 0.25) is 0 Å². The number of aromatic hydroxyl groups is 1. The van der Waals surface area contributed by atoms with Gasteiger partial charge in [0.15, 0.2) is 0 Å². The molecule has 3 nitrogen and oxygen atoms in total. The minimum Gasteiger partial charge on any atom is -0.508 e. The number of fused-ring (bicyclic) bond motifs is 2. The quantitative estimate of drug-likeness (QED) is 0.442. The van der Waals surface area contributed by atoms with Crippen LogP contribution in [0.25, 0.3) is 21.9 Å². The van der Waals surface area contributed by atoms with E-state index in [1.807, 2.05) is 48.5 Å². The highest BCUT2D eigenvalue weighted by atomic mass is 16.3. The van der Waals surface area contributed by atoms with E-state index in [1.54, 1.807) is 12.1 Å². The van der Waals surface area contributed by atoms with E-state index in [2.05, 4.69) is 27.7 Å². The van der Waals surface area contributed by atoms with Gasteiger partial charge in [-0.15, -0.1) is 0 Å². The highest BCUT2D eigenvalue weighted by Crippen LogP contribution is 2.34. The van der Waals surface area contributed by atoms with Crippen molar-refractivity contribution in [2.45, 2.75) is 39.0 Å². The van der Waals surface area contributed by atoms with Crippen LogP contribution in [0.5, 0.6) is 5.75 Å². The van der Waals surface area contributed by atoms with Gasteiger partial charge in [-0.05, 0) is 59.0 Å². The first kappa shape index (κ1) is 18.3. The summed E-state index contributed by atoms with van der Waals surface area (Å²) in [7, 11) is 0. The molecule has 0 fully saturated rings. The lowest BCUT2D eigenvalue weighted by Gasteiger charge is -2.26. The van der Waals surface area contributed by atoms with Gasteiger partial charge in [0.05, 0.1) is 10.8 Å². The third-order valence-corrected chi connectivity index (χ3v) is 5.67. The largest absolute Gasteiger partial charge is 0.508 e. The molecule has 28 heavy (non-hydrogen) atoms. The summed E-state index contributed by atoms with van der Waals surface area (Å²) in [6.07, 6.45) is 0. The molecular formula is C25H24O3. The molecule has 0 radical (unpaired) electrons. The maximum absolute atomic E-state index is 13.2. The van der Waals surface area contributed by atoms with Gasteiger partial charge in [-0.1, -0.05) is 52.0 Å². The SMILES string of the molecule is CC(C)c1ccc2oc3ccc(C(C)(C)c4ccc(O)cc4)cc3c(=O)c2c1. The van der Waals surface area contributed by atoms with Crippen LogP contribution in [-0.2, 0) is 5.41 Å². The van der Waals surface area contributed by atoms with Gasteiger partial charge in [-0.25, -0.2) is 0 Å². The second-order valence-electron chi connectivity index (χ2n) is 8.22. The average molecular weight is 372 g/mol. The summed E-state index contributed by atoms with van der Waals surface area (Å²) in [6.45, 7) is 8.45. The molecule has 0 aliphatic carbocycles. The van der Waals surface area contributed by atoms with E-state index in [9.17, 15) is 9.90 Å². The van der Waals surface area contributed by atoms with Crippen LogP contribution in [0, 0.1) is 0 Å². The third kappa shape index (κ3) is 2.97. The van der Waals surface area contributed by atoms with Crippen LogP contribution in [0.1, 0.15) is 50.3 Å².